The third-order valence-electron chi connectivity index (χ3n) is 3.54. The SMILES string of the molecule is COc1c(O)cc2c(c1O)C(=O)/C(=C\c1ccc(O)cc1)CO2. The predicted octanol–water partition coefficient (Wildman–Crippen LogP) is 2.47. The fourth-order valence-electron chi connectivity index (χ4n) is 2.41. The lowest BCUT2D eigenvalue weighted by Gasteiger charge is -2.21. The first-order chi connectivity index (χ1) is 11.0. The minimum absolute atomic E-state index is 0.0118. The van der Waals surface area contributed by atoms with Gasteiger partial charge >= 0.3 is 0 Å². The molecule has 1 aliphatic heterocycles. The van der Waals surface area contributed by atoms with Gasteiger partial charge in [-0.2, -0.15) is 0 Å². The van der Waals surface area contributed by atoms with Gasteiger partial charge in [0.15, 0.2) is 17.3 Å². The summed E-state index contributed by atoms with van der Waals surface area (Å²) in [7, 11) is 1.28. The van der Waals surface area contributed by atoms with Crippen LogP contribution in [0.3, 0.4) is 0 Å². The van der Waals surface area contributed by atoms with Gasteiger partial charge in [-0.1, -0.05) is 12.1 Å². The van der Waals surface area contributed by atoms with Crippen LogP contribution in [0.25, 0.3) is 6.08 Å². The molecule has 0 saturated carbocycles. The Balaban J connectivity index is 2.05. The lowest BCUT2D eigenvalue weighted by Crippen LogP contribution is -2.19. The highest BCUT2D eigenvalue weighted by Gasteiger charge is 2.30. The third kappa shape index (κ3) is 2.55. The molecule has 6 nitrogen and oxygen atoms in total. The fraction of sp³-hybridized carbons (Fsp3) is 0.118. The molecule has 0 fully saturated rings. The molecule has 1 heterocycles. The molecule has 3 N–H and O–H groups in total. The van der Waals surface area contributed by atoms with Crippen molar-refractivity contribution >= 4 is 11.9 Å². The number of hydrogen-bond donors (Lipinski definition) is 3. The number of methoxy groups -OCH3 is 1. The van der Waals surface area contributed by atoms with Crippen molar-refractivity contribution in [1.29, 1.82) is 0 Å². The van der Waals surface area contributed by atoms with E-state index in [4.69, 9.17) is 9.47 Å². The molecule has 6 heteroatoms. The molecular weight excluding hydrogens is 300 g/mol. The molecule has 0 unspecified atom stereocenters. The molecule has 0 aromatic heterocycles. The smallest absolute Gasteiger partial charge is 0.203 e. The second kappa shape index (κ2) is 5.57. The van der Waals surface area contributed by atoms with Gasteiger partial charge < -0.3 is 24.8 Å². The van der Waals surface area contributed by atoms with E-state index in [9.17, 15) is 20.1 Å². The van der Waals surface area contributed by atoms with Crippen molar-refractivity contribution in [3.8, 4) is 28.7 Å². The first kappa shape index (κ1) is 14.8. The Morgan fingerprint density at radius 1 is 1.17 bits per heavy atom. The van der Waals surface area contributed by atoms with Gasteiger partial charge in [-0.25, -0.2) is 0 Å². The Morgan fingerprint density at radius 3 is 2.52 bits per heavy atom. The number of rotatable bonds is 2. The van der Waals surface area contributed by atoms with E-state index in [2.05, 4.69) is 0 Å². The van der Waals surface area contributed by atoms with Crippen molar-refractivity contribution in [2.45, 2.75) is 0 Å². The molecule has 0 radical (unpaired) electrons. The summed E-state index contributed by atoms with van der Waals surface area (Å²) in [6.45, 7) is 0.0118. The summed E-state index contributed by atoms with van der Waals surface area (Å²) >= 11 is 0. The van der Waals surface area contributed by atoms with Crippen molar-refractivity contribution in [3.63, 3.8) is 0 Å². The molecule has 3 rings (SSSR count). The summed E-state index contributed by atoms with van der Waals surface area (Å²) in [5, 5.41) is 29.2. The van der Waals surface area contributed by atoms with Crippen molar-refractivity contribution in [2.75, 3.05) is 13.7 Å². The highest BCUT2D eigenvalue weighted by atomic mass is 16.5. The van der Waals surface area contributed by atoms with E-state index < -0.39 is 11.5 Å². The van der Waals surface area contributed by atoms with Crippen LogP contribution in [0.15, 0.2) is 35.9 Å². The van der Waals surface area contributed by atoms with E-state index in [1.807, 2.05) is 0 Å². The highest BCUT2D eigenvalue weighted by molar-refractivity contribution is 6.16. The maximum atomic E-state index is 12.6. The second-order valence-corrected chi connectivity index (χ2v) is 5.03. The number of fused-ring (bicyclic) bond motifs is 1. The molecular formula is C17H14O6. The lowest BCUT2D eigenvalue weighted by atomic mass is 9.97. The van der Waals surface area contributed by atoms with Crippen molar-refractivity contribution in [2.24, 2.45) is 0 Å². The number of Topliss-reactive ketones (excluding diaryl/α,β-unsaturated/α-hetero) is 1. The topological polar surface area (TPSA) is 96.2 Å². The third-order valence-corrected chi connectivity index (χ3v) is 3.54. The van der Waals surface area contributed by atoms with Gasteiger partial charge in [0.1, 0.15) is 23.7 Å². The molecule has 23 heavy (non-hydrogen) atoms. The Hall–Kier alpha value is -3.15. The molecule has 2 aromatic rings. The standard InChI is InChI=1S/C17H14O6/c1-22-17-12(19)7-13-14(16(17)21)15(20)10(8-23-13)6-9-2-4-11(18)5-3-9/h2-7,18-19,21H,8H2,1H3/b10-6-. The van der Waals surface area contributed by atoms with Crippen LogP contribution in [0, 0.1) is 0 Å². The van der Waals surface area contributed by atoms with Crippen LogP contribution in [0.1, 0.15) is 15.9 Å². The van der Waals surface area contributed by atoms with Crippen LogP contribution in [0.5, 0.6) is 28.7 Å². The normalized spacial score (nSPS) is 15.2. The zero-order valence-corrected chi connectivity index (χ0v) is 12.2. The molecule has 0 atom stereocenters. The quantitative estimate of drug-likeness (QED) is 0.737. The zero-order chi connectivity index (χ0) is 16.6. The van der Waals surface area contributed by atoms with Gasteiger partial charge in [-0.3, -0.25) is 4.79 Å². The lowest BCUT2D eigenvalue weighted by molar-refractivity contribution is 0.0996. The Morgan fingerprint density at radius 2 is 1.87 bits per heavy atom. The molecule has 0 spiro atoms. The van der Waals surface area contributed by atoms with Crippen LogP contribution in [-0.4, -0.2) is 34.8 Å². The minimum atomic E-state index is -0.455. The first-order valence-corrected chi connectivity index (χ1v) is 6.81. The molecule has 1 aliphatic rings. The maximum Gasteiger partial charge on any atom is 0.203 e. The van der Waals surface area contributed by atoms with Crippen LogP contribution in [0.4, 0.5) is 0 Å². The van der Waals surface area contributed by atoms with Crippen molar-refractivity contribution in [3.05, 3.63) is 47.0 Å². The fourth-order valence-corrected chi connectivity index (χ4v) is 2.41. The van der Waals surface area contributed by atoms with Crippen molar-refractivity contribution < 1.29 is 29.6 Å². The van der Waals surface area contributed by atoms with Gasteiger partial charge in [0.2, 0.25) is 5.75 Å². The van der Waals surface area contributed by atoms with E-state index in [1.54, 1.807) is 18.2 Å². The Bertz CT molecular complexity index is 805. The molecule has 0 saturated heterocycles. The monoisotopic (exact) mass is 314 g/mol. The summed E-state index contributed by atoms with van der Waals surface area (Å²) in [5.74, 6) is -1.11. The van der Waals surface area contributed by atoms with E-state index in [1.165, 1.54) is 25.3 Å². The molecule has 0 amide bonds. The Labute approximate surface area is 131 Å². The van der Waals surface area contributed by atoms with Crippen LogP contribution in [0.2, 0.25) is 0 Å². The van der Waals surface area contributed by atoms with Gasteiger partial charge in [0.05, 0.1) is 7.11 Å². The zero-order valence-electron chi connectivity index (χ0n) is 12.2. The van der Waals surface area contributed by atoms with Gasteiger partial charge in [-0.15, -0.1) is 0 Å². The number of ether oxygens (including phenoxy) is 2. The second-order valence-electron chi connectivity index (χ2n) is 5.03. The highest BCUT2D eigenvalue weighted by Crippen LogP contribution is 2.46. The van der Waals surface area contributed by atoms with Gasteiger partial charge in [-0.05, 0) is 23.8 Å². The first-order valence-electron chi connectivity index (χ1n) is 6.81. The Kier molecular flexibility index (Phi) is 3.57. The van der Waals surface area contributed by atoms with Crippen molar-refractivity contribution in [1.82, 2.24) is 0 Å². The minimum Gasteiger partial charge on any atom is -0.508 e. The molecule has 0 aliphatic carbocycles. The van der Waals surface area contributed by atoms with Gasteiger partial charge in [0.25, 0.3) is 0 Å². The number of carbonyl (C=O) groups is 1. The molecule has 118 valence electrons. The number of phenols is 3. The van der Waals surface area contributed by atoms with Crippen LogP contribution in [-0.2, 0) is 0 Å². The summed E-state index contributed by atoms with van der Waals surface area (Å²) in [6.07, 6.45) is 1.61. The average Bonchev–Trinajstić information content (AvgIpc) is 2.52. The summed E-state index contributed by atoms with van der Waals surface area (Å²) in [4.78, 5) is 12.6. The van der Waals surface area contributed by atoms with Crippen LogP contribution >= 0.6 is 0 Å². The number of aromatic hydroxyl groups is 3. The predicted molar refractivity (Wildman–Crippen MR) is 82.2 cm³/mol. The largest absolute Gasteiger partial charge is 0.508 e. The number of phenolic OH excluding ortho intramolecular Hbond substituents is 3. The average molecular weight is 314 g/mol. The number of ketones is 1. The number of hydrogen-bond acceptors (Lipinski definition) is 6. The maximum absolute atomic E-state index is 12.6. The summed E-state index contributed by atoms with van der Waals surface area (Å²) in [5.41, 5.74) is 1.01. The molecule has 2 aromatic carbocycles. The molecule has 0 bridgehead atoms. The number of carbonyl (C=O) groups excluding carboxylic acids is 1. The number of benzene rings is 2. The summed E-state index contributed by atoms with van der Waals surface area (Å²) in [6, 6.07) is 7.56. The van der Waals surface area contributed by atoms with Crippen LogP contribution < -0.4 is 9.47 Å². The van der Waals surface area contributed by atoms with Gasteiger partial charge in [0, 0.05) is 11.6 Å². The van der Waals surface area contributed by atoms with E-state index >= 15 is 0 Å². The van der Waals surface area contributed by atoms with E-state index in [0.717, 1.165) is 0 Å². The van der Waals surface area contributed by atoms with E-state index in [-0.39, 0.29) is 35.2 Å². The summed E-state index contributed by atoms with van der Waals surface area (Å²) < 4.78 is 10.4. The van der Waals surface area contributed by atoms with E-state index in [0.29, 0.717) is 11.1 Å².